The zero-order chi connectivity index (χ0) is 18.5. The summed E-state index contributed by atoms with van der Waals surface area (Å²) < 4.78 is 5.94. The number of hydrogen-bond acceptors (Lipinski definition) is 6. The van der Waals surface area contributed by atoms with E-state index in [-0.39, 0.29) is 29.6 Å². The highest BCUT2D eigenvalue weighted by Gasteiger charge is 2.19. The molecule has 1 amide bonds. The Morgan fingerprint density at radius 3 is 2.85 bits per heavy atom. The molecule has 0 atom stereocenters. The number of hydrogen-bond donors (Lipinski definition) is 2. The highest BCUT2D eigenvalue weighted by Crippen LogP contribution is 2.25. The Balaban J connectivity index is 1.68. The lowest BCUT2D eigenvalue weighted by Gasteiger charge is -2.15. The number of aromatic nitrogens is 1. The number of nitrogens with zero attached hydrogens (tertiary/aromatic N) is 2. The molecule has 1 aliphatic rings. The molecule has 1 aromatic carbocycles. The molecule has 0 spiro atoms. The van der Waals surface area contributed by atoms with Gasteiger partial charge in [-0.15, -0.1) is 0 Å². The van der Waals surface area contributed by atoms with E-state index >= 15 is 0 Å². The number of carbonyl (C=O) groups excluding carboxylic acids is 1. The van der Waals surface area contributed by atoms with Gasteiger partial charge in [0.1, 0.15) is 11.8 Å². The van der Waals surface area contributed by atoms with Crippen LogP contribution in [0.15, 0.2) is 36.5 Å². The van der Waals surface area contributed by atoms with Crippen LogP contribution in [0.1, 0.15) is 41.6 Å². The quantitative estimate of drug-likeness (QED) is 0.466. The number of benzene rings is 1. The molecule has 0 unspecified atom stereocenters. The average Bonchev–Trinajstić information content (AvgIpc) is 3.14. The average molecular weight is 356 g/mol. The van der Waals surface area contributed by atoms with E-state index in [9.17, 15) is 14.9 Å². The molecule has 2 aromatic rings. The zero-order valence-corrected chi connectivity index (χ0v) is 14.2. The number of nitrogens with one attached hydrogen (secondary N) is 1. The number of nitro benzene ring substituents is 1. The van der Waals surface area contributed by atoms with Crippen LogP contribution < -0.4 is 15.8 Å². The fourth-order valence-corrected chi connectivity index (χ4v) is 2.95. The van der Waals surface area contributed by atoms with Crippen molar-refractivity contribution >= 4 is 17.3 Å². The number of nitrogens with two attached hydrogens (primary N) is 1. The lowest BCUT2D eigenvalue weighted by atomic mass is 10.1. The van der Waals surface area contributed by atoms with E-state index in [1.165, 1.54) is 18.2 Å². The maximum atomic E-state index is 12.3. The number of amides is 1. The van der Waals surface area contributed by atoms with Gasteiger partial charge in [-0.05, 0) is 43.9 Å². The molecule has 3 N–H and O–H groups in total. The fourth-order valence-electron chi connectivity index (χ4n) is 2.95. The lowest BCUT2D eigenvalue weighted by molar-refractivity contribution is -0.383. The summed E-state index contributed by atoms with van der Waals surface area (Å²) >= 11 is 0. The van der Waals surface area contributed by atoms with E-state index in [2.05, 4.69) is 10.3 Å². The van der Waals surface area contributed by atoms with Crippen LogP contribution in [0.5, 0.6) is 5.88 Å². The fraction of sp³-hybridized carbons (Fsp3) is 0.333. The van der Waals surface area contributed by atoms with Gasteiger partial charge in [0, 0.05) is 29.9 Å². The second-order valence-electron chi connectivity index (χ2n) is 6.21. The molecule has 1 saturated carbocycles. The lowest BCUT2D eigenvalue weighted by Crippen LogP contribution is -2.24. The van der Waals surface area contributed by atoms with Crippen molar-refractivity contribution in [3.63, 3.8) is 0 Å². The van der Waals surface area contributed by atoms with Crippen LogP contribution >= 0.6 is 0 Å². The molecule has 3 rings (SSSR count). The minimum atomic E-state index is -0.610. The summed E-state index contributed by atoms with van der Waals surface area (Å²) in [6.07, 6.45) is 6.14. The molecular weight excluding hydrogens is 336 g/mol. The second kappa shape index (κ2) is 7.81. The van der Waals surface area contributed by atoms with Crippen molar-refractivity contribution in [2.24, 2.45) is 0 Å². The molecule has 0 bridgehead atoms. The smallest absolute Gasteiger partial charge is 0.292 e. The molecular formula is C18H20N4O4. The summed E-state index contributed by atoms with van der Waals surface area (Å²) in [4.78, 5) is 26.9. The van der Waals surface area contributed by atoms with E-state index < -0.39 is 10.8 Å². The molecule has 1 aliphatic carbocycles. The van der Waals surface area contributed by atoms with Gasteiger partial charge in [-0.25, -0.2) is 4.98 Å². The zero-order valence-electron chi connectivity index (χ0n) is 14.2. The summed E-state index contributed by atoms with van der Waals surface area (Å²) in [5.74, 6) is 0.0896. The van der Waals surface area contributed by atoms with Gasteiger partial charge in [0.15, 0.2) is 0 Å². The SMILES string of the molecule is Nc1ccc(C(=O)NCc2cccnc2OC2CCCC2)cc1[N+](=O)[O-]. The minimum Gasteiger partial charge on any atom is -0.474 e. The molecule has 8 nitrogen and oxygen atoms in total. The van der Waals surface area contributed by atoms with Gasteiger partial charge >= 0.3 is 0 Å². The molecule has 1 aromatic heterocycles. The van der Waals surface area contributed by atoms with Crippen LogP contribution in [0.2, 0.25) is 0 Å². The first-order valence-electron chi connectivity index (χ1n) is 8.47. The summed E-state index contributed by atoms with van der Waals surface area (Å²) in [5, 5.41) is 13.7. The van der Waals surface area contributed by atoms with Crippen LogP contribution in [0.3, 0.4) is 0 Å². The van der Waals surface area contributed by atoms with Crippen molar-refractivity contribution in [3.05, 3.63) is 57.8 Å². The number of anilines is 1. The Hall–Kier alpha value is -3.16. The minimum absolute atomic E-state index is 0.0195. The summed E-state index contributed by atoms with van der Waals surface area (Å²) in [5.41, 5.74) is 6.22. The first kappa shape index (κ1) is 17.7. The van der Waals surface area contributed by atoms with Crippen molar-refractivity contribution in [2.75, 3.05) is 5.73 Å². The van der Waals surface area contributed by atoms with Crippen molar-refractivity contribution in [2.45, 2.75) is 38.3 Å². The van der Waals surface area contributed by atoms with Gasteiger partial charge in [-0.2, -0.15) is 0 Å². The Bertz CT molecular complexity index is 819. The van der Waals surface area contributed by atoms with E-state index in [0.717, 1.165) is 31.2 Å². The molecule has 1 heterocycles. The van der Waals surface area contributed by atoms with Crippen molar-refractivity contribution < 1.29 is 14.5 Å². The van der Waals surface area contributed by atoms with Crippen molar-refractivity contribution in [1.29, 1.82) is 0 Å². The molecule has 136 valence electrons. The number of carbonyl (C=O) groups is 1. The second-order valence-corrected chi connectivity index (χ2v) is 6.21. The third-order valence-corrected chi connectivity index (χ3v) is 4.36. The van der Waals surface area contributed by atoms with Crippen molar-refractivity contribution in [3.8, 4) is 5.88 Å². The predicted octanol–water partition coefficient (Wildman–Crippen LogP) is 2.82. The molecule has 0 saturated heterocycles. The topological polar surface area (TPSA) is 120 Å². The van der Waals surface area contributed by atoms with E-state index in [4.69, 9.17) is 10.5 Å². The number of nitro groups is 1. The van der Waals surface area contributed by atoms with Crippen LogP contribution in [0.25, 0.3) is 0 Å². The molecule has 0 radical (unpaired) electrons. The summed E-state index contributed by atoms with van der Waals surface area (Å²) in [6.45, 7) is 0.215. The van der Waals surface area contributed by atoms with Gasteiger partial charge in [0.2, 0.25) is 5.88 Å². The van der Waals surface area contributed by atoms with Crippen LogP contribution in [-0.2, 0) is 6.54 Å². The number of pyridine rings is 1. The normalized spacial score (nSPS) is 14.2. The molecule has 1 fully saturated rings. The molecule has 8 heteroatoms. The maximum absolute atomic E-state index is 12.3. The Kier molecular flexibility index (Phi) is 5.31. The number of ether oxygens (including phenoxy) is 1. The third kappa shape index (κ3) is 4.08. The Labute approximate surface area is 150 Å². The number of nitrogen functional groups attached to an aromatic ring is 1. The van der Waals surface area contributed by atoms with Gasteiger partial charge in [-0.1, -0.05) is 6.07 Å². The predicted molar refractivity (Wildman–Crippen MR) is 95.8 cm³/mol. The first-order chi connectivity index (χ1) is 12.5. The number of rotatable bonds is 6. The maximum Gasteiger partial charge on any atom is 0.292 e. The monoisotopic (exact) mass is 356 g/mol. The highest BCUT2D eigenvalue weighted by atomic mass is 16.6. The van der Waals surface area contributed by atoms with Crippen LogP contribution in [-0.4, -0.2) is 21.9 Å². The Morgan fingerprint density at radius 1 is 1.35 bits per heavy atom. The first-order valence-corrected chi connectivity index (χ1v) is 8.47. The Morgan fingerprint density at radius 2 is 2.12 bits per heavy atom. The van der Waals surface area contributed by atoms with Crippen molar-refractivity contribution in [1.82, 2.24) is 10.3 Å². The standard InChI is InChI=1S/C18H20N4O4/c19-15-8-7-12(10-16(15)22(24)25)17(23)21-11-13-4-3-9-20-18(13)26-14-5-1-2-6-14/h3-4,7-10,14H,1-2,5-6,11,19H2,(H,21,23). The van der Waals surface area contributed by atoms with Gasteiger partial charge < -0.3 is 15.8 Å². The molecule has 26 heavy (non-hydrogen) atoms. The molecule has 0 aliphatic heterocycles. The van der Waals surface area contributed by atoms with Crippen LogP contribution in [0, 0.1) is 10.1 Å². The van der Waals surface area contributed by atoms with Gasteiger partial charge in [-0.3, -0.25) is 14.9 Å². The highest BCUT2D eigenvalue weighted by molar-refractivity contribution is 5.95. The summed E-state index contributed by atoms with van der Waals surface area (Å²) in [6, 6.07) is 7.59. The van der Waals surface area contributed by atoms with Gasteiger partial charge in [0.05, 0.1) is 4.92 Å². The van der Waals surface area contributed by atoms with E-state index in [1.807, 2.05) is 6.07 Å². The van der Waals surface area contributed by atoms with E-state index in [1.54, 1.807) is 12.3 Å². The van der Waals surface area contributed by atoms with E-state index in [0.29, 0.717) is 5.88 Å². The summed E-state index contributed by atoms with van der Waals surface area (Å²) in [7, 11) is 0. The van der Waals surface area contributed by atoms with Crippen LogP contribution in [0.4, 0.5) is 11.4 Å². The third-order valence-electron chi connectivity index (χ3n) is 4.36. The van der Waals surface area contributed by atoms with Gasteiger partial charge in [0.25, 0.3) is 11.6 Å². The largest absolute Gasteiger partial charge is 0.474 e.